The van der Waals surface area contributed by atoms with Crippen molar-refractivity contribution < 1.29 is 10.1 Å². The Morgan fingerprint density at radius 2 is 2.33 bits per heavy atom. The van der Waals surface area contributed by atoms with Crippen molar-refractivity contribution in [1.29, 1.82) is 0 Å². The monoisotopic (exact) mass is 91.1 g/mol. The van der Waals surface area contributed by atoms with Crippen molar-refractivity contribution in [3.8, 4) is 0 Å². The zero-order valence-corrected chi connectivity index (χ0v) is 3.55. The van der Waals surface area contributed by atoms with Crippen LogP contribution in [0, 0.1) is 0 Å². The largest absolute Gasteiger partial charge is 0.344 e. The Morgan fingerprint density at radius 3 is 2.33 bits per heavy atom. The molecule has 0 aromatic rings. The summed E-state index contributed by atoms with van der Waals surface area (Å²) in [5.74, 6) is 0. The average molecular weight is 91.1 g/mol. The molecular formula is C3H9NO2. The molecule has 3 heteroatoms. The molecule has 0 atom stereocenters. The molecule has 0 radical (unpaired) electrons. The first-order valence-electron chi connectivity index (χ1n) is 1.29. The quantitative estimate of drug-likeness (QED) is 0.300. The van der Waals surface area contributed by atoms with E-state index in [2.05, 4.69) is 11.5 Å². The number of hydrogen-bond donors (Lipinski definition) is 2. The van der Waals surface area contributed by atoms with Gasteiger partial charge in [0.05, 0.1) is 6.61 Å². The fourth-order valence-electron chi connectivity index (χ4n) is 0.0527. The van der Waals surface area contributed by atoms with Gasteiger partial charge in [-0.1, -0.05) is 6.08 Å². The lowest BCUT2D eigenvalue weighted by Gasteiger charge is -1.76. The van der Waals surface area contributed by atoms with Crippen LogP contribution in [0.15, 0.2) is 12.7 Å². The second-order valence-electron chi connectivity index (χ2n) is 0.584. The van der Waals surface area contributed by atoms with Gasteiger partial charge in [-0.2, -0.15) is 0 Å². The zero-order valence-electron chi connectivity index (χ0n) is 3.55. The lowest BCUT2D eigenvalue weighted by molar-refractivity contribution is -0.231. The fourth-order valence-corrected chi connectivity index (χ4v) is 0.0527. The SMILES string of the molecule is C=CCOO.N. The summed E-state index contributed by atoms with van der Waals surface area (Å²) in [6, 6.07) is 0. The Bertz CT molecular complexity index is 30.0. The molecule has 0 heterocycles. The molecule has 0 unspecified atom stereocenters. The highest BCUT2D eigenvalue weighted by molar-refractivity contribution is 4.61. The first-order valence-corrected chi connectivity index (χ1v) is 1.29. The van der Waals surface area contributed by atoms with E-state index in [1.54, 1.807) is 0 Å². The first-order chi connectivity index (χ1) is 2.41. The van der Waals surface area contributed by atoms with Crippen molar-refractivity contribution in [3.05, 3.63) is 12.7 Å². The van der Waals surface area contributed by atoms with E-state index in [1.165, 1.54) is 6.08 Å². The van der Waals surface area contributed by atoms with Crippen LogP contribution < -0.4 is 6.15 Å². The standard InChI is InChI=1S/C3H6O2.H3N/c1-2-3-5-4;/h2,4H,1,3H2;1H3. The lowest BCUT2D eigenvalue weighted by Crippen LogP contribution is -1.77. The third-order valence-electron chi connectivity index (χ3n) is 0.192. The zero-order chi connectivity index (χ0) is 4.12. The van der Waals surface area contributed by atoms with E-state index in [9.17, 15) is 0 Å². The van der Waals surface area contributed by atoms with Crippen molar-refractivity contribution in [3.63, 3.8) is 0 Å². The maximum Gasteiger partial charge on any atom is 0.0998 e. The van der Waals surface area contributed by atoms with Crippen LogP contribution in [-0.2, 0) is 4.89 Å². The molecule has 6 heavy (non-hydrogen) atoms. The normalized spacial score (nSPS) is 6.17. The van der Waals surface area contributed by atoms with E-state index < -0.39 is 0 Å². The minimum atomic E-state index is 0. The van der Waals surface area contributed by atoms with Gasteiger partial charge in [0, 0.05) is 0 Å². The molecule has 0 amide bonds. The Labute approximate surface area is 36.8 Å². The van der Waals surface area contributed by atoms with Crippen molar-refractivity contribution in [2.45, 2.75) is 0 Å². The highest BCUT2D eigenvalue weighted by Crippen LogP contribution is 1.60. The van der Waals surface area contributed by atoms with Gasteiger partial charge in [0.2, 0.25) is 0 Å². The van der Waals surface area contributed by atoms with Crippen LogP contribution in [-0.4, -0.2) is 11.9 Å². The van der Waals surface area contributed by atoms with E-state index in [0.29, 0.717) is 0 Å². The number of rotatable bonds is 2. The molecule has 0 aliphatic rings. The lowest BCUT2D eigenvalue weighted by atomic mass is 10.7. The molecule has 0 fully saturated rings. The topological polar surface area (TPSA) is 64.5 Å². The molecule has 0 spiro atoms. The van der Waals surface area contributed by atoms with Gasteiger partial charge >= 0.3 is 0 Å². The summed E-state index contributed by atoms with van der Waals surface area (Å²) in [7, 11) is 0. The van der Waals surface area contributed by atoms with Gasteiger partial charge in [-0.3, -0.25) is 5.26 Å². The summed E-state index contributed by atoms with van der Waals surface area (Å²) in [5, 5.41) is 7.50. The Hall–Kier alpha value is -0.380. The predicted molar refractivity (Wildman–Crippen MR) is 23.8 cm³/mol. The van der Waals surface area contributed by atoms with Crippen molar-refractivity contribution >= 4 is 0 Å². The Morgan fingerprint density at radius 1 is 1.83 bits per heavy atom. The van der Waals surface area contributed by atoms with Gasteiger partial charge in [0.25, 0.3) is 0 Å². The van der Waals surface area contributed by atoms with Crippen LogP contribution in [0.1, 0.15) is 0 Å². The van der Waals surface area contributed by atoms with Gasteiger partial charge in [-0.05, 0) is 0 Å². The highest BCUT2D eigenvalue weighted by atomic mass is 17.1. The fraction of sp³-hybridized carbons (Fsp3) is 0.333. The molecule has 0 rings (SSSR count). The van der Waals surface area contributed by atoms with E-state index in [1.807, 2.05) is 0 Å². The predicted octanol–water partition coefficient (Wildman–Crippen LogP) is 0.824. The van der Waals surface area contributed by atoms with E-state index in [4.69, 9.17) is 5.26 Å². The van der Waals surface area contributed by atoms with Crippen LogP contribution in [0.3, 0.4) is 0 Å². The van der Waals surface area contributed by atoms with Crippen molar-refractivity contribution in [1.82, 2.24) is 6.15 Å². The molecule has 38 valence electrons. The summed E-state index contributed by atoms with van der Waals surface area (Å²) < 4.78 is 0. The number of hydrogen-bond acceptors (Lipinski definition) is 3. The third-order valence-corrected chi connectivity index (χ3v) is 0.192. The summed E-state index contributed by atoms with van der Waals surface area (Å²) in [5.41, 5.74) is 0. The van der Waals surface area contributed by atoms with E-state index >= 15 is 0 Å². The van der Waals surface area contributed by atoms with Gasteiger partial charge in [-0.15, -0.1) is 6.58 Å². The van der Waals surface area contributed by atoms with Crippen LogP contribution in [0.4, 0.5) is 0 Å². The van der Waals surface area contributed by atoms with Crippen LogP contribution in [0.2, 0.25) is 0 Å². The van der Waals surface area contributed by atoms with Gasteiger partial charge in [0.1, 0.15) is 0 Å². The molecule has 4 N–H and O–H groups in total. The first kappa shape index (κ1) is 9.15. The van der Waals surface area contributed by atoms with Crippen LogP contribution in [0.25, 0.3) is 0 Å². The van der Waals surface area contributed by atoms with E-state index in [-0.39, 0.29) is 12.8 Å². The minimum Gasteiger partial charge on any atom is -0.344 e. The van der Waals surface area contributed by atoms with Crippen molar-refractivity contribution in [2.75, 3.05) is 6.61 Å². The molecule has 0 aliphatic heterocycles. The maximum atomic E-state index is 7.50. The Balaban J connectivity index is 0. The summed E-state index contributed by atoms with van der Waals surface area (Å²) in [6.45, 7) is 3.47. The molecule has 0 aromatic heterocycles. The Kier molecular flexibility index (Phi) is 13.5. The molecular weight excluding hydrogens is 82.0 g/mol. The van der Waals surface area contributed by atoms with Crippen LogP contribution in [0.5, 0.6) is 0 Å². The summed E-state index contributed by atoms with van der Waals surface area (Å²) in [6.07, 6.45) is 1.46. The maximum absolute atomic E-state index is 7.50. The van der Waals surface area contributed by atoms with Gasteiger partial charge in [0.15, 0.2) is 0 Å². The smallest absolute Gasteiger partial charge is 0.0998 e. The molecule has 0 aliphatic carbocycles. The van der Waals surface area contributed by atoms with Crippen molar-refractivity contribution in [2.24, 2.45) is 0 Å². The van der Waals surface area contributed by atoms with Gasteiger partial charge < -0.3 is 6.15 Å². The molecule has 0 aromatic carbocycles. The molecule has 3 nitrogen and oxygen atoms in total. The average Bonchev–Trinajstić information content (AvgIpc) is 1.41. The molecule has 0 saturated heterocycles. The second kappa shape index (κ2) is 8.82. The van der Waals surface area contributed by atoms with Crippen LogP contribution >= 0.6 is 0 Å². The molecule has 0 bridgehead atoms. The van der Waals surface area contributed by atoms with Gasteiger partial charge in [-0.25, -0.2) is 4.89 Å². The summed E-state index contributed by atoms with van der Waals surface area (Å²) in [4.78, 5) is 3.57. The second-order valence-corrected chi connectivity index (χ2v) is 0.584. The summed E-state index contributed by atoms with van der Waals surface area (Å²) >= 11 is 0. The third kappa shape index (κ3) is 9.47. The molecule has 0 saturated carbocycles. The highest BCUT2D eigenvalue weighted by Gasteiger charge is 1.60. The minimum absolute atomic E-state index is 0. The van der Waals surface area contributed by atoms with E-state index in [0.717, 1.165) is 0 Å².